The number of nitrogens with zero attached hydrogens (tertiary/aromatic N) is 2. The average Bonchev–Trinajstić information content (AvgIpc) is 2.96. The number of carbonyl (C=O) groups excluding carboxylic acids is 2. The molecule has 3 aromatic rings. The minimum Gasteiger partial charge on any atom is -0.351 e. The first kappa shape index (κ1) is 20.7. The average molecular weight is 434 g/mol. The molecule has 32 heavy (non-hydrogen) atoms. The standard InChI is InChI=1S/C26H28FN3O2/c1-26(25(32)28-20-9-4-2-3-5-10-20)17-29-22-11-7-6-8-18(22)16-23(29)24(31)30(26)21-14-12-19(27)13-15-21/h6-8,11-16,20H,2-5,9-10,17H2,1H3,(H,28,32). The summed E-state index contributed by atoms with van der Waals surface area (Å²) in [7, 11) is 0. The highest BCUT2D eigenvalue weighted by Gasteiger charge is 2.49. The molecule has 1 unspecified atom stereocenters. The first-order valence-electron chi connectivity index (χ1n) is 11.5. The lowest BCUT2D eigenvalue weighted by Gasteiger charge is -2.44. The summed E-state index contributed by atoms with van der Waals surface area (Å²) in [5.74, 6) is -0.792. The number of rotatable bonds is 3. The van der Waals surface area contributed by atoms with Crippen LogP contribution in [0.25, 0.3) is 10.9 Å². The Kier molecular flexibility index (Phi) is 5.24. The molecule has 1 saturated carbocycles. The molecule has 166 valence electrons. The predicted octanol–water partition coefficient (Wildman–Crippen LogP) is 5.04. The Hall–Kier alpha value is -3.15. The summed E-state index contributed by atoms with van der Waals surface area (Å²) in [4.78, 5) is 29.1. The number of fused-ring (bicyclic) bond motifs is 3. The molecule has 1 aliphatic carbocycles. The Morgan fingerprint density at radius 1 is 1.03 bits per heavy atom. The number of benzene rings is 2. The molecule has 1 atom stereocenters. The van der Waals surface area contributed by atoms with E-state index in [2.05, 4.69) is 5.32 Å². The third kappa shape index (κ3) is 3.48. The molecule has 0 bridgehead atoms. The van der Waals surface area contributed by atoms with Gasteiger partial charge in [-0.2, -0.15) is 0 Å². The molecule has 1 fully saturated rings. The highest BCUT2D eigenvalue weighted by molar-refractivity contribution is 6.14. The molecular formula is C26H28FN3O2. The topological polar surface area (TPSA) is 54.3 Å². The van der Waals surface area contributed by atoms with E-state index in [0.717, 1.165) is 36.6 Å². The molecule has 1 N–H and O–H groups in total. The predicted molar refractivity (Wildman–Crippen MR) is 123 cm³/mol. The Bertz CT molecular complexity index is 1160. The molecule has 2 amide bonds. The molecule has 2 aliphatic rings. The van der Waals surface area contributed by atoms with Gasteiger partial charge in [0.15, 0.2) is 0 Å². The van der Waals surface area contributed by atoms with Crippen molar-refractivity contribution in [3.05, 3.63) is 66.1 Å². The van der Waals surface area contributed by atoms with Gasteiger partial charge in [-0.05, 0) is 56.2 Å². The zero-order valence-corrected chi connectivity index (χ0v) is 18.3. The van der Waals surface area contributed by atoms with Crippen LogP contribution in [0.15, 0.2) is 54.6 Å². The van der Waals surface area contributed by atoms with Gasteiger partial charge < -0.3 is 9.88 Å². The summed E-state index contributed by atoms with van der Waals surface area (Å²) in [5, 5.41) is 4.21. The normalized spacial score (nSPS) is 21.9. The second-order valence-corrected chi connectivity index (χ2v) is 9.23. The Balaban J connectivity index is 1.59. The summed E-state index contributed by atoms with van der Waals surface area (Å²) < 4.78 is 15.6. The van der Waals surface area contributed by atoms with Crippen molar-refractivity contribution in [2.24, 2.45) is 0 Å². The Morgan fingerprint density at radius 3 is 2.44 bits per heavy atom. The summed E-state index contributed by atoms with van der Waals surface area (Å²) in [6, 6.07) is 15.6. The monoisotopic (exact) mass is 433 g/mol. The van der Waals surface area contributed by atoms with Crippen LogP contribution >= 0.6 is 0 Å². The van der Waals surface area contributed by atoms with Crippen molar-refractivity contribution in [2.45, 2.75) is 63.6 Å². The fraction of sp³-hybridized carbons (Fsp3) is 0.385. The van der Waals surface area contributed by atoms with Gasteiger partial charge in [-0.15, -0.1) is 0 Å². The van der Waals surface area contributed by atoms with E-state index < -0.39 is 5.54 Å². The van der Waals surface area contributed by atoms with Crippen LogP contribution < -0.4 is 10.2 Å². The van der Waals surface area contributed by atoms with Gasteiger partial charge in [0.05, 0.1) is 6.54 Å². The van der Waals surface area contributed by atoms with E-state index in [1.807, 2.05) is 41.8 Å². The number of anilines is 1. The minimum atomic E-state index is -1.14. The SMILES string of the molecule is CC1(C(=O)NC2CCCCCC2)Cn2c(cc3ccccc32)C(=O)N1c1ccc(F)cc1. The number of aromatic nitrogens is 1. The van der Waals surface area contributed by atoms with Crippen molar-refractivity contribution >= 4 is 28.4 Å². The second kappa shape index (κ2) is 8.08. The van der Waals surface area contributed by atoms with Crippen molar-refractivity contribution in [2.75, 3.05) is 4.90 Å². The van der Waals surface area contributed by atoms with Crippen LogP contribution in [0, 0.1) is 5.82 Å². The Labute approximate surface area is 187 Å². The maximum Gasteiger partial charge on any atom is 0.275 e. The molecule has 1 aliphatic heterocycles. The fourth-order valence-corrected chi connectivity index (χ4v) is 5.21. The maximum atomic E-state index is 13.8. The highest BCUT2D eigenvalue weighted by atomic mass is 19.1. The smallest absolute Gasteiger partial charge is 0.275 e. The van der Waals surface area contributed by atoms with Gasteiger partial charge >= 0.3 is 0 Å². The van der Waals surface area contributed by atoms with Crippen molar-refractivity contribution in [3.63, 3.8) is 0 Å². The van der Waals surface area contributed by atoms with Gasteiger partial charge in [-0.3, -0.25) is 14.5 Å². The van der Waals surface area contributed by atoms with Crippen molar-refractivity contribution < 1.29 is 14.0 Å². The number of hydrogen-bond acceptors (Lipinski definition) is 2. The van der Waals surface area contributed by atoms with Crippen LogP contribution in [-0.4, -0.2) is 28.0 Å². The van der Waals surface area contributed by atoms with Crippen LogP contribution in [0.3, 0.4) is 0 Å². The molecule has 2 heterocycles. The first-order valence-corrected chi connectivity index (χ1v) is 11.5. The highest BCUT2D eigenvalue weighted by Crippen LogP contribution is 2.36. The van der Waals surface area contributed by atoms with E-state index in [4.69, 9.17) is 0 Å². The van der Waals surface area contributed by atoms with Crippen LogP contribution in [0.5, 0.6) is 0 Å². The lowest BCUT2D eigenvalue weighted by atomic mass is 9.92. The lowest BCUT2D eigenvalue weighted by molar-refractivity contribution is -0.127. The second-order valence-electron chi connectivity index (χ2n) is 9.23. The number of hydrogen-bond donors (Lipinski definition) is 1. The van der Waals surface area contributed by atoms with E-state index >= 15 is 0 Å². The molecule has 0 spiro atoms. The molecular weight excluding hydrogens is 405 g/mol. The van der Waals surface area contributed by atoms with Gasteiger partial charge in [0.25, 0.3) is 5.91 Å². The van der Waals surface area contributed by atoms with Crippen LogP contribution in [-0.2, 0) is 11.3 Å². The molecule has 1 aromatic heterocycles. The molecule has 5 nitrogen and oxygen atoms in total. The largest absolute Gasteiger partial charge is 0.351 e. The number of carbonyl (C=O) groups is 2. The zero-order valence-electron chi connectivity index (χ0n) is 18.3. The zero-order chi connectivity index (χ0) is 22.3. The van der Waals surface area contributed by atoms with E-state index in [1.165, 1.54) is 25.0 Å². The van der Waals surface area contributed by atoms with Crippen molar-refractivity contribution in [1.82, 2.24) is 9.88 Å². The third-order valence-electron chi connectivity index (χ3n) is 6.96. The van der Waals surface area contributed by atoms with E-state index in [9.17, 15) is 14.0 Å². The maximum absolute atomic E-state index is 13.8. The first-order chi connectivity index (χ1) is 15.5. The quantitative estimate of drug-likeness (QED) is 0.589. The van der Waals surface area contributed by atoms with E-state index in [0.29, 0.717) is 17.9 Å². The molecule has 2 aromatic carbocycles. The van der Waals surface area contributed by atoms with E-state index in [-0.39, 0.29) is 23.7 Å². The number of halogens is 1. The van der Waals surface area contributed by atoms with Gasteiger partial charge in [0.2, 0.25) is 5.91 Å². The summed E-state index contributed by atoms with van der Waals surface area (Å²) in [5.41, 5.74) is 0.848. The van der Waals surface area contributed by atoms with Crippen LogP contribution in [0.4, 0.5) is 10.1 Å². The summed E-state index contributed by atoms with van der Waals surface area (Å²) >= 11 is 0. The number of amides is 2. The molecule has 6 heteroatoms. The van der Waals surface area contributed by atoms with Crippen LogP contribution in [0.1, 0.15) is 55.9 Å². The molecule has 0 saturated heterocycles. The Morgan fingerprint density at radius 2 is 1.72 bits per heavy atom. The number of para-hydroxylation sites is 1. The van der Waals surface area contributed by atoms with Crippen molar-refractivity contribution in [1.29, 1.82) is 0 Å². The third-order valence-corrected chi connectivity index (χ3v) is 6.96. The molecule has 0 radical (unpaired) electrons. The summed E-state index contributed by atoms with van der Waals surface area (Å²) in [6.45, 7) is 2.15. The number of nitrogens with one attached hydrogen (secondary N) is 1. The molecule has 5 rings (SSSR count). The summed E-state index contributed by atoms with van der Waals surface area (Å²) in [6.07, 6.45) is 6.53. The van der Waals surface area contributed by atoms with Gasteiger partial charge in [-0.25, -0.2) is 4.39 Å². The minimum absolute atomic E-state index is 0.120. The van der Waals surface area contributed by atoms with Gasteiger partial charge in [-0.1, -0.05) is 43.9 Å². The van der Waals surface area contributed by atoms with Gasteiger partial charge in [0.1, 0.15) is 17.1 Å². The van der Waals surface area contributed by atoms with Gasteiger partial charge in [0, 0.05) is 22.6 Å². The fourth-order valence-electron chi connectivity index (χ4n) is 5.21. The van der Waals surface area contributed by atoms with E-state index in [1.54, 1.807) is 17.0 Å². The van der Waals surface area contributed by atoms with Crippen molar-refractivity contribution in [3.8, 4) is 0 Å². The van der Waals surface area contributed by atoms with Crippen LogP contribution in [0.2, 0.25) is 0 Å². The lowest BCUT2D eigenvalue weighted by Crippen LogP contribution is -2.65.